The van der Waals surface area contributed by atoms with E-state index in [2.05, 4.69) is 9.62 Å². The van der Waals surface area contributed by atoms with Gasteiger partial charge < -0.3 is 15.7 Å². The zero-order valence-corrected chi connectivity index (χ0v) is 19.8. The van der Waals surface area contributed by atoms with Crippen molar-refractivity contribution >= 4 is 33.3 Å². The van der Waals surface area contributed by atoms with E-state index in [-0.39, 0.29) is 22.1 Å². The molecule has 4 N–H and O–H groups in total. The number of benzene rings is 2. The number of nitrogens with two attached hydrogens (primary N) is 1. The van der Waals surface area contributed by atoms with Crippen LogP contribution in [0.25, 0.3) is 0 Å². The largest absolute Gasteiger partial charge is 0.478 e. The number of sulfonamides is 1. The van der Waals surface area contributed by atoms with Crippen LogP contribution in [0, 0.1) is 0 Å². The van der Waals surface area contributed by atoms with Gasteiger partial charge in [0.15, 0.2) is 0 Å². The maximum Gasteiger partial charge on any atom is 0.337 e. The molecule has 0 bridgehead atoms. The van der Waals surface area contributed by atoms with Gasteiger partial charge in [0.25, 0.3) is 10.0 Å². The van der Waals surface area contributed by atoms with Gasteiger partial charge in [0.1, 0.15) is 5.54 Å². The Hall–Kier alpha value is -3.11. The number of hydrogen-bond acceptors (Lipinski definition) is 6. The highest BCUT2D eigenvalue weighted by Gasteiger charge is 2.45. The average molecular weight is 487 g/mol. The van der Waals surface area contributed by atoms with Gasteiger partial charge in [0.2, 0.25) is 5.91 Å². The number of aromatic carboxylic acids is 1. The first-order valence-electron chi connectivity index (χ1n) is 11.5. The summed E-state index contributed by atoms with van der Waals surface area (Å²) in [6.07, 6.45) is 4.28. The summed E-state index contributed by atoms with van der Waals surface area (Å²) in [7, 11) is -3.84. The van der Waals surface area contributed by atoms with Crippen LogP contribution < -0.4 is 15.4 Å². The highest BCUT2D eigenvalue weighted by Crippen LogP contribution is 2.35. The van der Waals surface area contributed by atoms with E-state index in [0.29, 0.717) is 31.6 Å². The molecular weight excluding hydrogens is 456 g/mol. The standard InChI is InChI=1S/C24H30N4O5S/c25-23(31)24(28-13-5-2-6-14-28)11-15-27(16-12-24)21-10-9-18(17-20(21)22(29)30)26-34(32,33)19-7-3-1-4-8-19/h1,3-4,7-10,17,26H,2,5-6,11-16H2,(H2,25,31)(H,29,30). The van der Waals surface area contributed by atoms with Gasteiger partial charge in [-0.15, -0.1) is 0 Å². The molecule has 1 amide bonds. The number of likely N-dealkylation sites (tertiary alicyclic amines) is 1. The molecule has 2 saturated heterocycles. The van der Waals surface area contributed by atoms with Crippen LogP contribution in [0.3, 0.4) is 0 Å². The van der Waals surface area contributed by atoms with Crippen LogP contribution in [0.15, 0.2) is 53.4 Å². The van der Waals surface area contributed by atoms with E-state index in [4.69, 9.17) is 5.73 Å². The molecule has 0 saturated carbocycles. The highest BCUT2D eigenvalue weighted by molar-refractivity contribution is 7.92. The molecule has 10 heteroatoms. The third kappa shape index (κ3) is 4.74. The molecule has 2 aromatic rings. The zero-order valence-electron chi connectivity index (χ0n) is 18.9. The number of piperidine rings is 2. The second-order valence-electron chi connectivity index (χ2n) is 8.89. The SMILES string of the molecule is NC(=O)C1(N2CCCCC2)CCN(c2ccc(NS(=O)(=O)c3ccccc3)cc2C(=O)O)CC1. The van der Waals surface area contributed by atoms with E-state index in [9.17, 15) is 23.1 Å². The summed E-state index contributed by atoms with van der Waals surface area (Å²) in [5.74, 6) is -1.48. The maximum atomic E-state index is 12.6. The predicted molar refractivity (Wildman–Crippen MR) is 129 cm³/mol. The van der Waals surface area contributed by atoms with E-state index in [1.54, 1.807) is 30.3 Å². The van der Waals surface area contributed by atoms with Gasteiger partial charge in [-0.05, 0) is 69.1 Å². The monoisotopic (exact) mass is 486 g/mol. The molecule has 0 unspecified atom stereocenters. The Balaban J connectivity index is 1.55. The molecule has 0 spiro atoms. The minimum absolute atomic E-state index is 0.00203. The van der Waals surface area contributed by atoms with Gasteiger partial charge in [-0.25, -0.2) is 13.2 Å². The topological polar surface area (TPSA) is 133 Å². The molecule has 182 valence electrons. The molecule has 0 radical (unpaired) electrons. The number of carbonyl (C=O) groups is 2. The number of rotatable bonds is 7. The van der Waals surface area contributed by atoms with Crippen molar-refractivity contribution in [3.63, 3.8) is 0 Å². The van der Waals surface area contributed by atoms with E-state index < -0.39 is 21.5 Å². The average Bonchev–Trinajstić information content (AvgIpc) is 2.85. The zero-order chi connectivity index (χ0) is 24.3. The third-order valence-corrected chi connectivity index (χ3v) is 8.28. The van der Waals surface area contributed by atoms with Gasteiger partial charge in [-0.3, -0.25) is 14.4 Å². The molecular formula is C24H30N4O5S. The van der Waals surface area contributed by atoms with Crippen LogP contribution >= 0.6 is 0 Å². The molecule has 34 heavy (non-hydrogen) atoms. The fourth-order valence-corrected chi connectivity index (χ4v) is 6.09. The molecule has 0 aromatic heterocycles. The smallest absolute Gasteiger partial charge is 0.337 e. The summed E-state index contributed by atoms with van der Waals surface area (Å²) in [4.78, 5) is 28.8. The van der Waals surface area contributed by atoms with E-state index >= 15 is 0 Å². The summed E-state index contributed by atoms with van der Waals surface area (Å²) >= 11 is 0. The van der Waals surface area contributed by atoms with Crippen LogP contribution in [0.5, 0.6) is 0 Å². The fourth-order valence-electron chi connectivity index (χ4n) is 5.02. The predicted octanol–water partition coefficient (Wildman–Crippen LogP) is 2.50. The van der Waals surface area contributed by atoms with Gasteiger partial charge in [-0.1, -0.05) is 24.6 Å². The Kier molecular flexibility index (Phi) is 6.81. The van der Waals surface area contributed by atoms with Crippen LogP contribution in [0.4, 0.5) is 11.4 Å². The van der Waals surface area contributed by atoms with Crippen molar-refractivity contribution in [1.29, 1.82) is 0 Å². The molecule has 2 aliphatic heterocycles. The first kappa shape index (κ1) is 24.0. The normalized spacial score (nSPS) is 18.9. The van der Waals surface area contributed by atoms with Crippen molar-refractivity contribution in [2.45, 2.75) is 42.5 Å². The van der Waals surface area contributed by atoms with E-state index in [0.717, 1.165) is 32.4 Å². The molecule has 2 heterocycles. The lowest BCUT2D eigenvalue weighted by atomic mass is 9.83. The fraction of sp³-hybridized carbons (Fsp3) is 0.417. The Labute approximate surface area is 199 Å². The number of primary amides is 1. The molecule has 2 fully saturated rings. The van der Waals surface area contributed by atoms with Crippen molar-refractivity contribution in [2.75, 3.05) is 35.8 Å². The molecule has 0 aliphatic carbocycles. The summed E-state index contributed by atoms with van der Waals surface area (Å²) in [5.41, 5.74) is 5.82. The van der Waals surface area contributed by atoms with Gasteiger partial charge in [0, 0.05) is 18.8 Å². The first-order valence-corrected chi connectivity index (χ1v) is 13.0. The molecule has 2 aliphatic rings. The van der Waals surface area contributed by atoms with Crippen molar-refractivity contribution in [3.05, 3.63) is 54.1 Å². The molecule has 0 atom stereocenters. The minimum atomic E-state index is -3.84. The van der Waals surface area contributed by atoms with E-state index in [1.807, 2.05) is 4.90 Å². The van der Waals surface area contributed by atoms with Crippen molar-refractivity contribution in [2.24, 2.45) is 5.73 Å². The summed E-state index contributed by atoms with van der Waals surface area (Å²) in [6.45, 7) is 2.66. The quantitative estimate of drug-likeness (QED) is 0.548. The molecule has 2 aromatic carbocycles. The number of amides is 1. The number of carboxylic acid groups (broad SMARTS) is 1. The lowest BCUT2D eigenvalue weighted by Crippen LogP contribution is -2.63. The number of carboxylic acids is 1. The Morgan fingerprint density at radius 1 is 0.941 bits per heavy atom. The number of nitrogens with one attached hydrogen (secondary N) is 1. The maximum absolute atomic E-state index is 12.6. The van der Waals surface area contributed by atoms with E-state index in [1.165, 1.54) is 18.2 Å². The lowest BCUT2D eigenvalue weighted by Gasteiger charge is -2.48. The Bertz CT molecular complexity index is 1160. The number of carbonyl (C=O) groups excluding carboxylic acids is 1. The minimum Gasteiger partial charge on any atom is -0.478 e. The van der Waals surface area contributed by atoms with Crippen molar-refractivity contribution < 1.29 is 23.1 Å². The second-order valence-corrected chi connectivity index (χ2v) is 10.6. The Morgan fingerprint density at radius 2 is 1.59 bits per heavy atom. The number of hydrogen-bond donors (Lipinski definition) is 3. The molecule has 9 nitrogen and oxygen atoms in total. The van der Waals surface area contributed by atoms with Gasteiger partial charge >= 0.3 is 5.97 Å². The Morgan fingerprint density at radius 3 is 2.18 bits per heavy atom. The second kappa shape index (κ2) is 9.63. The third-order valence-electron chi connectivity index (χ3n) is 6.88. The number of anilines is 2. The summed E-state index contributed by atoms with van der Waals surface area (Å²) < 4.78 is 27.7. The van der Waals surface area contributed by atoms with Gasteiger partial charge in [0.05, 0.1) is 16.1 Å². The van der Waals surface area contributed by atoms with Crippen LogP contribution in [-0.4, -0.2) is 62.0 Å². The highest BCUT2D eigenvalue weighted by atomic mass is 32.2. The van der Waals surface area contributed by atoms with Crippen molar-refractivity contribution in [1.82, 2.24) is 4.90 Å². The van der Waals surface area contributed by atoms with Crippen LogP contribution in [-0.2, 0) is 14.8 Å². The number of nitrogens with zero attached hydrogens (tertiary/aromatic N) is 2. The summed E-state index contributed by atoms with van der Waals surface area (Å²) in [6, 6.07) is 12.4. The first-order chi connectivity index (χ1) is 16.2. The van der Waals surface area contributed by atoms with Gasteiger partial charge in [-0.2, -0.15) is 0 Å². The molecule has 4 rings (SSSR count). The summed E-state index contributed by atoms with van der Waals surface area (Å²) in [5, 5.41) is 9.84. The van der Waals surface area contributed by atoms with Crippen LogP contribution in [0.2, 0.25) is 0 Å². The van der Waals surface area contributed by atoms with Crippen molar-refractivity contribution in [3.8, 4) is 0 Å². The lowest BCUT2D eigenvalue weighted by molar-refractivity contribution is -0.132. The van der Waals surface area contributed by atoms with Crippen LogP contribution in [0.1, 0.15) is 42.5 Å².